The highest BCUT2D eigenvalue weighted by molar-refractivity contribution is 7.99. The highest BCUT2D eigenvalue weighted by Gasteiger charge is 2.17. The molecule has 1 heterocycles. The Bertz CT molecular complexity index is 151. The topological polar surface area (TPSA) is 18.5 Å². The van der Waals surface area contributed by atoms with Crippen molar-refractivity contribution in [2.75, 3.05) is 19.0 Å². The maximum atomic E-state index is 5.51. The van der Waals surface area contributed by atoms with Gasteiger partial charge in [0.15, 0.2) is 6.29 Å². The molecule has 0 amide bonds. The van der Waals surface area contributed by atoms with Gasteiger partial charge in [-0.1, -0.05) is 12.8 Å². The molecule has 82 valence electrons. The van der Waals surface area contributed by atoms with Crippen LogP contribution in [0, 0.1) is 0 Å². The lowest BCUT2D eigenvalue weighted by molar-refractivity contribution is -0.178. The van der Waals surface area contributed by atoms with Crippen LogP contribution in [0.15, 0.2) is 0 Å². The second-order valence-electron chi connectivity index (χ2n) is 4.09. The van der Waals surface area contributed by atoms with Gasteiger partial charge in [0.25, 0.3) is 0 Å². The Balaban J connectivity index is 1.52. The number of hydrogen-bond acceptors (Lipinski definition) is 3. The lowest BCUT2D eigenvalue weighted by Crippen LogP contribution is -2.25. The standard InChI is InChI=1S/C11H20O2S/c1-2-5-10(4-1)14-9-6-11-12-7-3-8-13-11/h10-11H,1-9H2. The molecule has 2 rings (SSSR count). The summed E-state index contributed by atoms with van der Waals surface area (Å²) in [6.07, 6.45) is 7.96. The molecule has 0 unspecified atom stereocenters. The van der Waals surface area contributed by atoms with Crippen molar-refractivity contribution in [3.8, 4) is 0 Å². The normalized spacial score (nSPS) is 25.7. The van der Waals surface area contributed by atoms with Crippen molar-refractivity contribution in [2.45, 2.75) is 50.1 Å². The molecule has 2 fully saturated rings. The van der Waals surface area contributed by atoms with Crippen LogP contribution in [0.25, 0.3) is 0 Å². The predicted octanol–water partition coefficient (Wildman–Crippen LogP) is 2.82. The van der Waals surface area contributed by atoms with Crippen LogP contribution in [0.4, 0.5) is 0 Å². The fourth-order valence-electron chi connectivity index (χ4n) is 2.09. The summed E-state index contributed by atoms with van der Waals surface area (Å²) in [4.78, 5) is 0. The van der Waals surface area contributed by atoms with E-state index in [-0.39, 0.29) is 6.29 Å². The number of thioether (sulfide) groups is 1. The maximum Gasteiger partial charge on any atom is 0.158 e. The van der Waals surface area contributed by atoms with E-state index in [1.54, 1.807) is 0 Å². The van der Waals surface area contributed by atoms with Crippen molar-refractivity contribution < 1.29 is 9.47 Å². The molecule has 0 atom stereocenters. The quantitative estimate of drug-likeness (QED) is 0.720. The molecular formula is C11H20O2S. The summed E-state index contributed by atoms with van der Waals surface area (Å²) in [5, 5.41) is 0.929. The molecule has 2 aliphatic rings. The molecule has 1 aliphatic heterocycles. The SMILES string of the molecule is C1COC(CCSC2CCCC2)OC1. The van der Waals surface area contributed by atoms with Crippen molar-refractivity contribution in [3.63, 3.8) is 0 Å². The van der Waals surface area contributed by atoms with Gasteiger partial charge in [-0.15, -0.1) is 0 Å². The summed E-state index contributed by atoms with van der Waals surface area (Å²) >= 11 is 2.12. The summed E-state index contributed by atoms with van der Waals surface area (Å²) in [7, 11) is 0. The molecule has 0 N–H and O–H groups in total. The second kappa shape index (κ2) is 5.99. The highest BCUT2D eigenvalue weighted by Crippen LogP contribution is 2.30. The van der Waals surface area contributed by atoms with Crippen LogP contribution in [0.2, 0.25) is 0 Å². The molecule has 3 heteroatoms. The first kappa shape index (κ1) is 10.8. The lowest BCUT2D eigenvalue weighted by Gasteiger charge is -2.23. The summed E-state index contributed by atoms with van der Waals surface area (Å²) < 4.78 is 11.0. The summed E-state index contributed by atoms with van der Waals surface area (Å²) in [6.45, 7) is 1.78. The first-order valence-electron chi connectivity index (χ1n) is 5.80. The predicted molar refractivity (Wildman–Crippen MR) is 59.6 cm³/mol. The van der Waals surface area contributed by atoms with Crippen molar-refractivity contribution in [3.05, 3.63) is 0 Å². The van der Waals surface area contributed by atoms with Gasteiger partial charge in [-0.25, -0.2) is 0 Å². The molecule has 1 aliphatic carbocycles. The third-order valence-corrected chi connectivity index (χ3v) is 4.32. The Morgan fingerprint density at radius 3 is 2.43 bits per heavy atom. The van der Waals surface area contributed by atoms with E-state index in [4.69, 9.17) is 9.47 Å². The summed E-state index contributed by atoms with van der Waals surface area (Å²) in [6, 6.07) is 0. The fourth-order valence-corrected chi connectivity index (χ4v) is 3.42. The summed E-state index contributed by atoms with van der Waals surface area (Å²) in [5.74, 6) is 1.20. The van der Waals surface area contributed by atoms with Crippen molar-refractivity contribution >= 4 is 11.8 Å². The van der Waals surface area contributed by atoms with E-state index in [1.165, 1.54) is 31.4 Å². The zero-order valence-electron chi connectivity index (χ0n) is 8.74. The molecule has 1 saturated carbocycles. The summed E-state index contributed by atoms with van der Waals surface area (Å²) in [5.41, 5.74) is 0. The minimum absolute atomic E-state index is 0.0950. The van der Waals surface area contributed by atoms with E-state index in [1.807, 2.05) is 0 Å². The van der Waals surface area contributed by atoms with E-state index in [2.05, 4.69) is 11.8 Å². The van der Waals surface area contributed by atoms with Crippen LogP contribution in [0.5, 0.6) is 0 Å². The Morgan fingerprint density at radius 2 is 1.71 bits per heavy atom. The largest absolute Gasteiger partial charge is 0.353 e. The average Bonchev–Trinajstić information content (AvgIpc) is 2.72. The number of ether oxygens (including phenoxy) is 2. The van der Waals surface area contributed by atoms with E-state index in [0.29, 0.717) is 0 Å². The van der Waals surface area contributed by atoms with E-state index in [0.717, 1.165) is 31.3 Å². The van der Waals surface area contributed by atoms with Gasteiger partial charge in [0.1, 0.15) is 0 Å². The van der Waals surface area contributed by atoms with Crippen LogP contribution >= 0.6 is 11.8 Å². The molecule has 0 radical (unpaired) electrons. The first-order chi connectivity index (χ1) is 6.95. The van der Waals surface area contributed by atoms with Crippen molar-refractivity contribution in [1.82, 2.24) is 0 Å². The first-order valence-corrected chi connectivity index (χ1v) is 6.85. The molecule has 0 bridgehead atoms. The van der Waals surface area contributed by atoms with Gasteiger partial charge in [-0.3, -0.25) is 0 Å². The smallest absolute Gasteiger partial charge is 0.158 e. The second-order valence-corrected chi connectivity index (χ2v) is 5.50. The van der Waals surface area contributed by atoms with Crippen LogP contribution < -0.4 is 0 Å². The molecule has 1 saturated heterocycles. The van der Waals surface area contributed by atoms with E-state index >= 15 is 0 Å². The van der Waals surface area contributed by atoms with Crippen LogP contribution in [0.3, 0.4) is 0 Å². The van der Waals surface area contributed by atoms with Gasteiger partial charge in [0.2, 0.25) is 0 Å². The molecule has 0 spiro atoms. The minimum Gasteiger partial charge on any atom is -0.353 e. The minimum atomic E-state index is 0.0950. The van der Waals surface area contributed by atoms with Crippen LogP contribution in [-0.2, 0) is 9.47 Å². The van der Waals surface area contributed by atoms with E-state index in [9.17, 15) is 0 Å². The van der Waals surface area contributed by atoms with Gasteiger partial charge in [-0.05, 0) is 25.0 Å². The monoisotopic (exact) mass is 216 g/mol. The van der Waals surface area contributed by atoms with Crippen LogP contribution in [-0.4, -0.2) is 30.5 Å². The number of hydrogen-bond donors (Lipinski definition) is 0. The lowest BCUT2D eigenvalue weighted by atomic mass is 10.4. The van der Waals surface area contributed by atoms with Gasteiger partial charge < -0.3 is 9.47 Å². The molecule has 2 nitrogen and oxygen atoms in total. The van der Waals surface area contributed by atoms with Gasteiger partial charge in [0.05, 0.1) is 13.2 Å². The van der Waals surface area contributed by atoms with Crippen LogP contribution in [0.1, 0.15) is 38.5 Å². The third kappa shape index (κ3) is 3.44. The van der Waals surface area contributed by atoms with Crippen molar-refractivity contribution in [1.29, 1.82) is 0 Å². The van der Waals surface area contributed by atoms with Crippen molar-refractivity contribution in [2.24, 2.45) is 0 Å². The Labute approximate surface area is 90.7 Å². The van der Waals surface area contributed by atoms with Gasteiger partial charge in [-0.2, -0.15) is 11.8 Å². The highest BCUT2D eigenvalue weighted by atomic mass is 32.2. The Morgan fingerprint density at radius 1 is 1.00 bits per heavy atom. The third-order valence-electron chi connectivity index (χ3n) is 2.91. The zero-order valence-corrected chi connectivity index (χ0v) is 9.56. The molecule has 0 aromatic carbocycles. The van der Waals surface area contributed by atoms with Gasteiger partial charge in [0, 0.05) is 11.7 Å². The molecule has 0 aromatic heterocycles. The molecular weight excluding hydrogens is 196 g/mol. The fraction of sp³-hybridized carbons (Fsp3) is 1.00. The van der Waals surface area contributed by atoms with Gasteiger partial charge >= 0.3 is 0 Å². The molecule has 0 aromatic rings. The Hall–Kier alpha value is 0.270. The zero-order chi connectivity index (χ0) is 9.64. The molecule has 14 heavy (non-hydrogen) atoms. The van der Waals surface area contributed by atoms with E-state index < -0.39 is 0 Å². The maximum absolute atomic E-state index is 5.51. The number of rotatable bonds is 4. The average molecular weight is 216 g/mol. The Kier molecular flexibility index (Phi) is 4.61.